The molecule has 0 saturated heterocycles. The largest absolute Gasteiger partial charge is 0.309 e. The SMILES string of the molecule is C/C=C\C=C(/C)c1ccc(N(c2cccc(-c3cc#ccc3)c2)c2cccc3c2sc2c4c(ccc23)C(c2ccccc2)(c2ccccc2)c2ccccc2-4)cc1. The lowest BCUT2D eigenvalue weighted by Crippen LogP contribution is -2.28. The topological polar surface area (TPSA) is 3.24 Å². The number of thiophene rings is 1. The van der Waals surface area contributed by atoms with Crippen LogP contribution in [0.5, 0.6) is 0 Å². The molecule has 0 spiro atoms. The van der Waals surface area contributed by atoms with Crippen molar-refractivity contribution in [2.45, 2.75) is 19.3 Å². The zero-order chi connectivity index (χ0) is 38.3. The second kappa shape index (κ2) is 14.3. The molecule has 0 atom stereocenters. The van der Waals surface area contributed by atoms with Gasteiger partial charge in [-0.1, -0.05) is 164 Å². The van der Waals surface area contributed by atoms with Crippen LogP contribution in [0.1, 0.15) is 41.7 Å². The van der Waals surface area contributed by atoms with Gasteiger partial charge in [0, 0.05) is 32.4 Å². The van der Waals surface area contributed by atoms with E-state index in [4.69, 9.17) is 0 Å². The van der Waals surface area contributed by atoms with Gasteiger partial charge in [-0.2, -0.15) is 0 Å². The molecular weight excluding hydrogens is 707 g/mol. The molecule has 270 valence electrons. The van der Waals surface area contributed by atoms with E-state index in [0.717, 1.165) is 28.2 Å². The van der Waals surface area contributed by atoms with Gasteiger partial charge in [0.15, 0.2) is 0 Å². The van der Waals surface area contributed by atoms with Crippen LogP contribution < -0.4 is 4.90 Å². The Morgan fingerprint density at radius 1 is 0.596 bits per heavy atom. The van der Waals surface area contributed by atoms with Gasteiger partial charge in [0.2, 0.25) is 0 Å². The van der Waals surface area contributed by atoms with E-state index in [-0.39, 0.29) is 0 Å². The van der Waals surface area contributed by atoms with Crippen molar-refractivity contribution in [3.05, 3.63) is 240 Å². The number of hydrogen-bond acceptors (Lipinski definition) is 2. The molecule has 0 aliphatic heterocycles. The fourth-order valence-electron chi connectivity index (χ4n) is 8.93. The highest BCUT2D eigenvalue weighted by Crippen LogP contribution is 2.59. The van der Waals surface area contributed by atoms with Gasteiger partial charge in [-0.05, 0) is 112 Å². The Labute approximate surface area is 339 Å². The first kappa shape index (κ1) is 34.6. The van der Waals surface area contributed by atoms with Crippen molar-refractivity contribution in [2.75, 3.05) is 4.90 Å². The van der Waals surface area contributed by atoms with Crippen molar-refractivity contribution in [3.8, 4) is 22.3 Å². The van der Waals surface area contributed by atoms with Gasteiger partial charge in [0.25, 0.3) is 0 Å². The molecule has 0 amide bonds. The summed E-state index contributed by atoms with van der Waals surface area (Å²) >= 11 is 1.92. The van der Waals surface area contributed by atoms with E-state index in [9.17, 15) is 0 Å². The summed E-state index contributed by atoms with van der Waals surface area (Å²) in [6.07, 6.45) is 6.34. The minimum absolute atomic E-state index is 0.442. The van der Waals surface area contributed by atoms with Crippen LogP contribution in [0.4, 0.5) is 17.1 Å². The number of nitrogens with zero attached hydrogens (tertiary/aromatic N) is 1. The maximum absolute atomic E-state index is 3.15. The third-order valence-corrected chi connectivity index (χ3v) is 12.8. The first-order chi connectivity index (χ1) is 28.2. The maximum Gasteiger partial charge on any atom is 0.0714 e. The fourth-order valence-corrected chi connectivity index (χ4v) is 10.3. The minimum atomic E-state index is -0.442. The standard InChI is InChI=1S/C55H39NS/c1-3-4-18-38(2)39-31-33-44(34-32-39)56(45-26-16-21-41(37-45)40-19-8-5-9-20-40)51-30-17-28-46-47-35-36-50-52(54(47)57-53(46)51)48-27-14-15-29-49(48)55(50,42-22-10-6-11-23-42)43-24-12-7-13-25-43/h3-4,6-8,10-37H,1-2H3/b4-3-,38-18+. The third kappa shape index (κ3) is 5.62. The summed E-state index contributed by atoms with van der Waals surface area (Å²) in [6.45, 7) is 4.22. The molecule has 57 heavy (non-hydrogen) atoms. The van der Waals surface area contributed by atoms with E-state index in [1.807, 2.05) is 23.5 Å². The summed E-state index contributed by atoms with van der Waals surface area (Å²) in [5.74, 6) is 0. The van der Waals surface area contributed by atoms with E-state index < -0.39 is 5.41 Å². The molecule has 2 heteroatoms. The normalized spacial score (nSPS) is 13.1. The summed E-state index contributed by atoms with van der Waals surface area (Å²) in [7, 11) is 0. The van der Waals surface area contributed by atoms with Gasteiger partial charge in [-0.25, -0.2) is 0 Å². The Morgan fingerprint density at radius 3 is 2.05 bits per heavy atom. The number of hydrogen-bond donors (Lipinski definition) is 0. The molecule has 10 rings (SSSR count). The highest BCUT2D eigenvalue weighted by atomic mass is 32.1. The second-order valence-electron chi connectivity index (χ2n) is 14.7. The van der Waals surface area contributed by atoms with Crippen molar-refractivity contribution < 1.29 is 0 Å². The Balaban J connectivity index is 1.23. The third-order valence-electron chi connectivity index (χ3n) is 11.5. The van der Waals surface area contributed by atoms with Crippen molar-refractivity contribution in [3.63, 3.8) is 0 Å². The minimum Gasteiger partial charge on any atom is -0.309 e. The lowest BCUT2D eigenvalue weighted by Gasteiger charge is -2.33. The van der Waals surface area contributed by atoms with Crippen LogP contribution >= 0.6 is 11.3 Å². The first-order valence-corrected chi connectivity index (χ1v) is 20.4. The maximum atomic E-state index is 3.15. The monoisotopic (exact) mass is 745 g/mol. The van der Waals surface area contributed by atoms with Crippen molar-refractivity contribution in [1.29, 1.82) is 0 Å². The van der Waals surface area contributed by atoms with Crippen LogP contribution in [0.25, 0.3) is 48.0 Å². The van der Waals surface area contributed by atoms with Crippen LogP contribution in [-0.4, -0.2) is 0 Å². The van der Waals surface area contributed by atoms with Crippen LogP contribution in [0.3, 0.4) is 0 Å². The van der Waals surface area contributed by atoms with Crippen LogP contribution in [0.15, 0.2) is 200 Å². The molecule has 0 bridgehead atoms. The number of fused-ring (bicyclic) bond motifs is 7. The Hall–Kier alpha value is -6.92. The highest BCUT2D eigenvalue weighted by molar-refractivity contribution is 7.27. The van der Waals surface area contributed by atoms with Crippen LogP contribution in [-0.2, 0) is 5.41 Å². The molecule has 0 saturated carbocycles. The highest BCUT2D eigenvalue weighted by Gasteiger charge is 2.46. The molecule has 9 aromatic rings. The molecule has 1 nitrogen and oxygen atoms in total. The van der Waals surface area contributed by atoms with E-state index in [1.54, 1.807) is 0 Å². The smallest absolute Gasteiger partial charge is 0.0714 e. The molecule has 8 aromatic carbocycles. The first-order valence-electron chi connectivity index (χ1n) is 19.5. The Kier molecular flexibility index (Phi) is 8.67. The number of anilines is 3. The predicted molar refractivity (Wildman–Crippen MR) is 243 cm³/mol. The molecule has 0 fully saturated rings. The quantitative estimate of drug-likeness (QED) is 0.140. The zero-order valence-electron chi connectivity index (χ0n) is 31.9. The van der Waals surface area contributed by atoms with Gasteiger partial charge in [-0.15, -0.1) is 11.3 Å². The molecule has 1 aromatic heterocycles. The van der Waals surface area contributed by atoms with Crippen LogP contribution in [0, 0.1) is 12.1 Å². The second-order valence-corrected chi connectivity index (χ2v) is 15.7. The summed E-state index contributed by atoms with van der Waals surface area (Å²) < 4.78 is 2.58. The average Bonchev–Trinajstić information content (AvgIpc) is 3.82. The van der Waals surface area contributed by atoms with Gasteiger partial charge in [0.1, 0.15) is 0 Å². The lowest BCUT2D eigenvalue weighted by atomic mass is 9.68. The van der Waals surface area contributed by atoms with E-state index in [1.165, 1.54) is 64.7 Å². The number of rotatable bonds is 8. The molecule has 0 N–H and O–H groups in total. The van der Waals surface area contributed by atoms with Gasteiger partial charge < -0.3 is 4.90 Å². The molecule has 1 heterocycles. The summed E-state index contributed by atoms with van der Waals surface area (Å²) in [5, 5.41) is 2.55. The summed E-state index contributed by atoms with van der Waals surface area (Å²) in [5.41, 5.74) is 15.5. The summed E-state index contributed by atoms with van der Waals surface area (Å²) in [6, 6.07) is 72.9. The molecule has 1 aliphatic rings. The van der Waals surface area contributed by atoms with Gasteiger partial charge in [-0.3, -0.25) is 0 Å². The van der Waals surface area contributed by atoms with E-state index >= 15 is 0 Å². The molecular formula is C55H39NS. The Morgan fingerprint density at radius 2 is 1.32 bits per heavy atom. The number of benzene rings is 7. The molecule has 0 unspecified atom stereocenters. The van der Waals surface area contributed by atoms with Crippen LogP contribution in [0.2, 0.25) is 0 Å². The van der Waals surface area contributed by atoms with Crippen molar-refractivity contribution >= 4 is 54.1 Å². The Bertz CT molecular complexity index is 2910. The summed E-state index contributed by atoms with van der Waals surface area (Å²) in [4.78, 5) is 2.43. The van der Waals surface area contributed by atoms with Crippen molar-refractivity contribution in [2.24, 2.45) is 0 Å². The zero-order valence-corrected chi connectivity index (χ0v) is 32.7. The number of allylic oxidation sites excluding steroid dienone is 4. The predicted octanol–water partition coefficient (Wildman–Crippen LogP) is 15.1. The van der Waals surface area contributed by atoms with Crippen molar-refractivity contribution in [1.82, 2.24) is 0 Å². The average molecular weight is 746 g/mol. The molecule has 0 radical (unpaired) electrons. The molecule has 1 aliphatic carbocycles. The fraction of sp³-hybridized carbons (Fsp3) is 0.0545. The van der Waals surface area contributed by atoms with Gasteiger partial charge in [0.05, 0.1) is 15.8 Å². The van der Waals surface area contributed by atoms with E-state index in [0.29, 0.717) is 0 Å². The van der Waals surface area contributed by atoms with Gasteiger partial charge >= 0.3 is 0 Å². The van der Waals surface area contributed by atoms with E-state index in [2.05, 4.69) is 219 Å². The lowest BCUT2D eigenvalue weighted by molar-refractivity contribution is 0.769.